The number of ether oxygens (including phenoxy) is 1. The number of nitro groups is 1. The number of carbonyl (C=O) groups excluding carboxylic acids is 1. The lowest BCUT2D eigenvalue weighted by Crippen LogP contribution is -2.47. The molecule has 2 atom stereocenters. The zero-order valence-electron chi connectivity index (χ0n) is 12.5. The number of nitro benzene ring substituents is 1. The first-order valence-electron chi connectivity index (χ1n) is 7.10. The number of likely N-dealkylation sites (tertiary alicyclic amines) is 1. The summed E-state index contributed by atoms with van der Waals surface area (Å²) in [7, 11) is 1.37. The van der Waals surface area contributed by atoms with Gasteiger partial charge in [-0.05, 0) is 45.2 Å². The predicted molar refractivity (Wildman–Crippen MR) is 78.6 cm³/mol. The lowest BCUT2D eigenvalue weighted by molar-refractivity contribution is -0.385. The Kier molecular flexibility index (Phi) is 4.45. The molecule has 1 heterocycles. The van der Waals surface area contributed by atoms with Gasteiger partial charge in [0.1, 0.15) is 0 Å². The molecule has 0 aromatic heterocycles. The van der Waals surface area contributed by atoms with Crippen LogP contribution in [0.25, 0.3) is 0 Å². The number of nitrogens with zero attached hydrogens (tertiary/aromatic N) is 2. The van der Waals surface area contributed by atoms with Crippen LogP contribution < -0.4 is 4.74 Å². The molecular weight excluding hydrogens is 272 g/mol. The molecule has 21 heavy (non-hydrogen) atoms. The van der Waals surface area contributed by atoms with Crippen LogP contribution in [0.3, 0.4) is 0 Å². The van der Waals surface area contributed by atoms with Crippen molar-refractivity contribution in [3.05, 3.63) is 33.9 Å². The molecule has 1 aliphatic rings. The van der Waals surface area contributed by atoms with E-state index in [2.05, 4.69) is 0 Å². The molecule has 0 unspecified atom stereocenters. The average Bonchev–Trinajstić information content (AvgIpc) is 2.46. The molecule has 6 heteroatoms. The highest BCUT2D eigenvalue weighted by atomic mass is 16.6. The maximum atomic E-state index is 12.7. The van der Waals surface area contributed by atoms with Crippen LogP contribution in [0, 0.1) is 10.1 Å². The summed E-state index contributed by atoms with van der Waals surface area (Å²) in [6.07, 6.45) is 3.04. The van der Waals surface area contributed by atoms with Gasteiger partial charge >= 0.3 is 5.69 Å². The van der Waals surface area contributed by atoms with E-state index in [1.54, 1.807) is 6.07 Å². The minimum absolute atomic E-state index is 0.152. The number of hydrogen-bond donors (Lipinski definition) is 0. The molecule has 0 spiro atoms. The number of piperidine rings is 1. The first-order chi connectivity index (χ1) is 9.95. The second kappa shape index (κ2) is 6.11. The standard InChI is InChI=1S/C15H20N2O4/c1-10-5-4-6-11(2)16(10)15(18)12-7-8-14(21-3)13(9-12)17(19)20/h7-11H,4-6H2,1-3H3/t10-,11+. The molecule has 1 aliphatic heterocycles. The summed E-state index contributed by atoms with van der Waals surface area (Å²) in [5.41, 5.74) is 0.156. The monoisotopic (exact) mass is 292 g/mol. The molecule has 1 amide bonds. The highest BCUT2D eigenvalue weighted by molar-refractivity contribution is 5.95. The largest absolute Gasteiger partial charge is 0.490 e. The summed E-state index contributed by atoms with van der Waals surface area (Å²) in [4.78, 5) is 25.0. The number of rotatable bonds is 3. The van der Waals surface area contributed by atoms with E-state index < -0.39 is 4.92 Å². The van der Waals surface area contributed by atoms with Crippen LogP contribution in [0.4, 0.5) is 5.69 Å². The summed E-state index contributed by atoms with van der Waals surface area (Å²) in [5.74, 6) is 0.0109. The Hall–Kier alpha value is -2.11. The van der Waals surface area contributed by atoms with Crippen molar-refractivity contribution in [2.75, 3.05) is 7.11 Å². The summed E-state index contributed by atoms with van der Waals surface area (Å²) in [5, 5.41) is 11.1. The van der Waals surface area contributed by atoms with Crippen LogP contribution >= 0.6 is 0 Å². The summed E-state index contributed by atoms with van der Waals surface area (Å²) in [6.45, 7) is 4.04. The van der Waals surface area contributed by atoms with Gasteiger partial charge < -0.3 is 9.64 Å². The van der Waals surface area contributed by atoms with Crippen LogP contribution in [0.1, 0.15) is 43.5 Å². The van der Waals surface area contributed by atoms with Gasteiger partial charge in [-0.15, -0.1) is 0 Å². The Bertz CT molecular complexity index is 549. The van der Waals surface area contributed by atoms with Crippen molar-refractivity contribution in [2.24, 2.45) is 0 Å². The number of hydrogen-bond acceptors (Lipinski definition) is 4. The van der Waals surface area contributed by atoms with Gasteiger partial charge in [0.15, 0.2) is 5.75 Å². The van der Waals surface area contributed by atoms with Crippen LogP contribution in [0.15, 0.2) is 18.2 Å². The molecule has 0 radical (unpaired) electrons. The average molecular weight is 292 g/mol. The smallest absolute Gasteiger partial charge is 0.311 e. The third kappa shape index (κ3) is 2.99. The van der Waals surface area contributed by atoms with Crippen molar-refractivity contribution in [1.82, 2.24) is 4.90 Å². The van der Waals surface area contributed by atoms with Gasteiger partial charge in [-0.25, -0.2) is 0 Å². The predicted octanol–water partition coefficient (Wildman–Crippen LogP) is 3.01. The quantitative estimate of drug-likeness (QED) is 0.634. The molecule has 0 saturated carbocycles. The molecule has 1 saturated heterocycles. The lowest BCUT2D eigenvalue weighted by Gasteiger charge is -2.39. The van der Waals surface area contributed by atoms with Crippen molar-refractivity contribution in [3.8, 4) is 5.75 Å². The molecular formula is C15H20N2O4. The lowest BCUT2D eigenvalue weighted by atomic mass is 9.96. The third-order valence-electron chi connectivity index (χ3n) is 4.05. The molecule has 0 bridgehead atoms. The van der Waals surface area contributed by atoms with E-state index in [1.165, 1.54) is 19.2 Å². The molecule has 0 N–H and O–H groups in total. The summed E-state index contributed by atoms with van der Waals surface area (Å²) >= 11 is 0. The number of amides is 1. The Balaban J connectivity index is 2.34. The first-order valence-corrected chi connectivity index (χ1v) is 7.10. The third-order valence-corrected chi connectivity index (χ3v) is 4.05. The van der Waals surface area contributed by atoms with Gasteiger partial charge in [-0.3, -0.25) is 14.9 Å². The summed E-state index contributed by atoms with van der Waals surface area (Å²) < 4.78 is 4.96. The van der Waals surface area contributed by atoms with Gasteiger partial charge in [0, 0.05) is 23.7 Å². The molecule has 1 aromatic carbocycles. The maximum Gasteiger partial charge on any atom is 0.311 e. The van der Waals surface area contributed by atoms with Crippen LogP contribution in [-0.2, 0) is 0 Å². The second-order valence-corrected chi connectivity index (χ2v) is 5.49. The minimum atomic E-state index is -0.529. The van der Waals surface area contributed by atoms with E-state index in [9.17, 15) is 14.9 Å². The fourth-order valence-electron chi connectivity index (χ4n) is 2.94. The molecule has 114 valence electrons. The van der Waals surface area contributed by atoms with Crippen molar-refractivity contribution in [3.63, 3.8) is 0 Å². The van der Waals surface area contributed by atoms with Gasteiger partial charge in [0.05, 0.1) is 12.0 Å². The fourth-order valence-corrected chi connectivity index (χ4v) is 2.94. The Morgan fingerprint density at radius 2 is 1.95 bits per heavy atom. The molecule has 1 aromatic rings. The fraction of sp³-hybridized carbons (Fsp3) is 0.533. The highest BCUT2D eigenvalue weighted by Crippen LogP contribution is 2.30. The van der Waals surface area contributed by atoms with Crippen molar-refractivity contribution < 1.29 is 14.5 Å². The van der Waals surface area contributed by atoms with Gasteiger partial charge in [-0.1, -0.05) is 0 Å². The van der Waals surface area contributed by atoms with Gasteiger partial charge in [0.2, 0.25) is 0 Å². The van der Waals surface area contributed by atoms with Crippen LogP contribution in [-0.4, -0.2) is 34.9 Å². The Morgan fingerprint density at radius 1 is 1.33 bits per heavy atom. The van der Waals surface area contributed by atoms with Crippen molar-refractivity contribution in [2.45, 2.75) is 45.2 Å². The molecule has 6 nitrogen and oxygen atoms in total. The Morgan fingerprint density at radius 3 is 2.48 bits per heavy atom. The van der Waals surface area contributed by atoms with E-state index >= 15 is 0 Å². The normalized spacial score (nSPS) is 22.0. The zero-order valence-corrected chi connectivity index (χ0v) is 12.5. The van der Waals surface area contributed by atoms with Crippen molar-refractivity contribution >= 4 is 11.6 Å². The number of carbonyl (C=O) groups is 1. The highest BCUT2D eigenvalue weighted by Gasteiger charge is 2.30. The van der Waals surface area contributed by atoms with Gasteiger partial charge in [-0.2, -0.15) is 0 Å². The second-order valence-electron chi connectivity index (χ2n) is 5.49. The first kappa shape index (κ1) is 15.3. The molecule has 0 aliphatic carbocycles. The molecule has 2 rings (SSSR count). The SMILES string of the molecule is COc1ccc(C(=O)N2[C@H](C)CCC[C@@H]2C)cc1[N+](=O)[O-]. The van der Waals surface area contributed by atoms with Crippen LogP contribution in [0.2, 0.25) is 0 Å². The minimum Gasteiger partial charge on any atom is -0.490 e. The number of benzene rings is 1. The number of methoxy groups -OCH3 is 1. The van der Waals surface area contributed by atoms with E-state index in [-0.39, 0.29) is 29.4 Å². The van der Waals surface area contributed by atoms with Crippen LogP contribution in [0.5, 0.6) is 5.75 Å². The Labute approximate surface area is 123 Å². The molecule has 1 fully saturated rings. The van der Waals surface area contributed by atoms with E-state index in [1.807, 2.05) is 18.7 Å². The summed E-state index contributed by atoms with van der Waals surface area (Å²) in [6, 6.07) is 4.67. The van der Waals surface area contributed by atoms with Crippen molar-refractivity contribution in [1.29, 1.82) is 0 Å². The zero-order chi connectivity index (χ0) is 15.6. The van der Waals surface area contributed by atoms with E-state index in [0.717, 1.165) is 19.3 Å². The van der Waals surface area contributed by atoms with E-state index in [0.29, 0.717) is 5.56 Å². The van der Waals surface area contributed by atoms with E-state index in [4.69, 9.17) is 4.74 Å². The van der Waals surface area contributed by atoms with Gasteiger partial charge in [0.25, 0.3) is 5.91 Å². The topological polar surface area (TPSA) is 72.7 Å². The maximum absolute atomic E-state index is 12.7.